The van der Waals surface area contributed by atoms with Crippen LogP contribution < -0.4 is 14.2 Å². The fraction of sp³-hybridized carbons (Fsp3) is 0.300. The van der Waals surface area contributed by atoms with Crippen LogP contribution in [0.2, 0.25) is 0 Å². The van der Waals surface area contributed by atoms with Crippen molar-refractivity contribution in [2.45, 2.75) is 12.5 Å². The highest BCUT2D eigenvalue weighted by atomic mass is 16.5. The van der Waals surface area contributed by atoms with Crippen LogP contribution >= 0.6 is 0 Å². The summed E-state index contributed by atoms with van der Waals surface area (Å²) in [6, 6.07) is 11.1. The van der Waals surface area contributed by atoms with Gasteiger partial charge in [-0.3, -0.25) is 4.79 Å². The molecule has 1 aliphatic rings. The van der Waals surface area contributed by atoms with Gasteiger partial charge in [-0.05, 0) is 29.8 Å². The Morgan fingerprint density at radius 2 is 2.04 bits per heavy atom. The van der Waals surface area contributed by atoms with E-state index in [0.29, 0.717) is 30.5 Å². The van der Waals surface area contributed by atoms with Gasteiger partial charge in [-0.1, -0.05) is 12.1 Å². The minimum absolute atomic E-state index is 0.0247. The first-order valence-corrected chi connectivity index (χ1v) is 8.46. The van der Waals surface area contributed by atoms with Crippen molar-refractivity contribution in [3.63, 3.8) is 0 Å². The average Bonchev–Trinajstić information content (AvgIpc) is 3.15. The van der Waals surface area contributed by atoms with Crippen LogP contribution in [0, 0.1) is 0 Å². The number of ether oxygens (including phenoxy) is 3. The Balaban J connectivity index is 1.57. The molecule has 1 unspecified atom stereocenters. The monoisotopic (exact) mass is 354 g/mol. The van der Waals surface area contributed by atoms with Crippen LogP contribution in [-0.4, -0.2) is 49.2 Å². The van der Waals surface area contributed by atoms with E-state index in [9.17, 15) is 4.79 Å². The molecule has 26 heavy (non-hydrogen) atoms. The van der Waals surface area contributed by atoms with Crippen molar-refractivity contribution in [2.24, 2.45) is 0 Å². The summed E-state index contributed by atoms with van der Waals surface area (Å²) in [4.78, 5) is 18.3. The second kappa shape index (κ2) is 8.38. The quantitative estimate of drug-likeness (QED) is 0.747. The van der Waals surface area contributed by atoms with Crippen molar-refractivity contribution in [1.82, 2.24) is 9.88 Å². The van der Waals surface area contributed by atoms with Crippen molar-refractivity contribution in [2.75, 3.05) is 27.3 Å². The Bertz CT molecular complexity index is 777. The molecule has 1 amide bonds. The van der Waals surface area contributed by atoms with Gasteiger partial charge >= 0.3 is 0 Å². The summed E-state index contributed by atoms with van der Waals surface area (Å²) in [6.07, 6.45) is 5.82. The summed E-state index contributed by atoms with van der Waals surface area (Å²) < 4.78 is 16.3. The zero-order chi connectivity index (χ0) is 18.4. The van der Waals surface area contributed by atoms with Gasteiger partial charge in [0.15, 0.2) is 11.5 Å². The number of carbonyl (C=O) groups is 1. The number of carbonyl (C=O) groups excluding carboxylic acids is 1. The van der Waals surface area contributed by atoms with Crippen LogP contribution in [0.3, 0.4) is 0 Å². The van der Waals surface area contributed by atoms with Gasteiger partial charge in [-0.25, -0.2) is 4.98 Å². The molecule has 0 aliphatic carbocycles. The molecule has 1 aromatic heterocycles. The third kappa shape index (κ3) is 4.33. The highest BCUT2D eigenvalue weighted by Crippen LogP contribution is 2.28. The first-order valence-electron chi connectivity index (χ1n) is 8.46. The van der Waals surface area contributed by atoms with Gasteiger partial charge in [0, 0.05) is 31.3 Å². The minimum Gasteiger partial charge on any atom is -0.493 e. The second-order valence-electron chi connectivity index (χ2n) is 5.93. The topological polar surface area (TPSA) is 60.9 Å². The number of aromatic nitrogens is 1. The fourth-order valence-corrected chi connectivity index (χ4v) is 2.84. The van der Waals surface area contributed by atoms with Gasteiger partial charge in [-0.2, -0.15) is 0 Å². The third-order valence-corrected chi connectivity index (χ3v) is 4.21. The van der Waals surface area contributed by atoms with Crippen molar-refractivity contribution in [1.29, 1.82) is 0 Å². The first kappa shape index (κ1) is 17.8. The summed E-state index contributed by atoms with van der Waals surface area (Å²) in [5.74, 6) is 1.84. The SMILES string of the molecule is COc1ccc(/C=C/C(=O)N2CCC(Oc3ccccn3)C2)cc1OC. The second-order valence-corrected chi connectivity index (χ2v) is 5.93. The van der Waals surface area contributed by atoms with E-state index < -0.39 is 0 Å². The number of hydrogen-bond donors (Lipinski definition) is 0. The number of pyridine rings is 1. The summed E-state index contributed by atoms with van der Waals surface area (Å²) >= 11 is 0. The molecular weight excluding hydrogens is 332 g/mol. The number of likely N-dealkylation sites (tertiary alicyclic amines) is 1. The van der Waals surface area contributed by atoms with Gasteiger partial charge in [0.1, 0.15) is 6.10 Å². The summed E-state index contributed by atoms with van der Waals surface area (Å²) in [5.41, 5.74) is 0.872. The van der Waals surface area contributed by atoms with E-state index in [-0.39, 0.29) is 12.0 Å². The van der Waals surface area contributed by atoms with E-state index in [2.05, 4.69) is 4.98 Å². The fourth-order valence-electron chi connectivity index (χ4n) is 2.84. The van der Waals surface area contributed by atoms with E-state index in [1.165, 1.54) is 0 Å². The molecule has 2 aromatic rings. The van der Waals surface area contributed by atoms with Crippen LogP contribution in [0.1, 0.15) is 12.0 Å². The highest BCUT2D eigenvalue weighted by molar-refractivity contribution is 5.92. The normalized spacial score (nSPS) is 16.7. The molecule has 6 heteroatoms. The Labute approximate surface area is 153 Å². The van der Waals surface area contributed by atoms with E-state index >= 15 is 0 Å². The molecule has 1 atom stereocenters. The summed E-state index contributed by atoms with van der Waals surface area (Å²) in [6.45, 7) is 1.23. The lowest BCUT2D eigenvalue weighted by Crippen LogP contribution is -2.29. The lowest BCUT2D eigenvalue weighted by atomic mass is 10.2. The van der Waals surface area contributed by atoms with Crippen LogP contribution in [0.25, 0.3) is 6.08 Å². The van der Waals surface area contributed by atoms with Crippen LogP contribution in [0.5, 0.6) is 17.4 Å². The predicted octanol–water partition coefficient (Wildman–Crippen LogP) is 2.79. The average molecular weight is 354 g/mol. The largest absolute Gasteiger partial charge is 0.493 e. The van der Waals surface area contributed by atoms with E-state index in [0.717, 1.165) is 12.0 Å². The first-order chi connectivity index (χ1) is 12.7. The van der Waals surface area contributed by atoms with Gasteiger partial charge in [0.2, 0.25) is 11.8 Å². The van der Waals surface area contributed by atoms with E-state index in [1.807, 2.05) is 36.4 Å². The van der Waals surface area contributed by atoms with Crippen molar-refractivity contribution < 1.29 is 19.0 Å². The van der Waals surface area contributed by atoms with Crippen LogP contribution in [0.4, 0.5) is 0 Å². The molecule has 0 saturated carbocycles. The molecule has 136 valence electrons. The van der Waals surface area contributed by atoms with Crippen LogP contribution in [-0.2, 0) is 4.79 Å². The maximum absolute atomic E-state index is 12.4. The van der Waals surface area contributed by atoms with Gasteiger partial charge < -0.3 is 19.1 Å². The number of amides is 1. The number of hydrogen-bond acceptors (Lipinski definition) is 5. The lowest BCUT2D eigenvalue weighted by molar-refractivity contribution is -0.125. The van der Waals surface area contributed by atoms with Gasteiger partial charge in [0.05, 0.1) is 20.8 Å². The molecule has 6 nitrogen and oxygen atoms in total. The zero-order valence-corrected chi connectivity index (χ0v) is 14.9. The standard InChI is InChI=1S/C20H22N2O4/c1-24-17-8-6-15(13-18(17)25-2)7-9-20(23)22-12-10-16(14-22)26-19-5-3-4-11-21-19/h3-9,11,13,16H,10,12,14H2,1-2H3/b9-7+. The molecule has 1 saturated heterocycles. The molecule has 1 fully saturated rings. The maximum Gasteiger partial charge on any atom is 0.246 e. The van der Waals surface area contributed by atoms with Crippen molar-refractivity contribution in [3.8, 4) is 17.4 Å². The van der Waals surface area contributed by atoms with E-state index in [1.54, 1.807) is 37.5 Å². The Kier molecular flexibility index (Phi) is 5.73. The molecule has 0 radical (unpaired) electrons. The molecule has 1 aromatic carbocycles. The van der Waals surface area contributed by atoms with Crippen molar-refractivity contribution in [3.05, 3.63) is 54.2 Å². The molecule has 0 bridgehead atoms. The number of methoxy groups -OCH3 is 2. The summed E-state index contributed by atoms with van der Waals surface area (Å²) in [5, 5.41) is 0. The predicted molar refractivity (Wildman–Crippen MR) is 98.4 cm³/mol. The van der Waals surface area contributed by atoms with E-state index in [4.69, 9.17) is 14.2 Å². The highest BCUT2D eigenvalue weighted by Gasteiger charge is 2.26. The molecule has 1 aliphatic heterocycles. The maximum atomic E-state index is 12.4. The number of rotatable bonds is 6. The number of nitrogens with zero attached hydrogens (tertiary/aromatic N) is 2. The Morgan fingerprint density at radius 3 is 2.77 bits per heavy atom. The Morgan fingerprint density at radius 1 is 1.19 bits per heavy atom. The molecule has 3 rings (SSSR count). The third-order valence-electron chi connectivity index (χ3n) is 4.21. The van der Waals surface area contributed by atoms with Crippen molar-refractivity contribution >= 4 is 12.0 Å². The molecule has 0 N–H and O–H groups in total. The minimum atomic E-state index is -0.0353. The molecular formula is C20H22N2O4. The molecule has 0 spiro atoms. The Hall–Kier alpha value is -3.02. The van der Waals surface area contributed by atoms with Gasteiger partial charge in [-0.15, -0.1) is 0 Å². The zero-order valence-electron chi connectivity index (χ0n) is 14.9. The van der Waals surface area contributed by atoms with Crippen LogP contribution in [0.15, 0.2) is 48.7 Å². The number of benzene rings is 1. The summed E-state index contributed by atoms with van der Waals surface area (Å²) in [7, 11) is 3.18. The molecule has 2 heterocycles. The smallest absolute Gasteiger partial charge is 0.246 e. The van der Waals surface area contributed by atoms with Gasteiger partial charge in [0.25, 0.3) is 0 Å². The lowest BCUT2D eigenvalue weighted by Gasteiger charge is -2.15.